The Morgan fingerprint density at radius 3 is 2.47 bits per heavy atom. The third-order valence-electron chi connectivity index (χ3n) is 5.99. The van der Waals surface area contributed by atoms with E-state index in [4.69, 9.17) is 0 Å². The zero-order chi connectivity index (χ0) is 14.6. The van der Waals surface area contributed by atoms with Crippen LogP contribution in [0.1, 0.15) is 80.6 Å². The van der Waals surface area contributed by atoms with Crippen LogP contribution in [0.5, 0.6) is 0 Å². The van der Waals surface area contributed by atoms with Crippen molar-refractivity contribution in [1.29, 1.82) is 0 Å². The van der Waals surface area contributed by atoms with Crippen molar-refractivity contribution in [3.63, 3.8) is 0 Å². The first-order chi connectivity index (χ1) is 8.80. The fourth-order valence-electron chi connectivity index (χ4n) is 3.94. The van der Waals surface area contributed by atoms with Crippen LogP contribution in [0.2, 0.25) is 0 Å². The van der Waals surface area contributed by atoms with Gasteiger partial charge in [0.15, 0.2) is 0 Å². The number of allylic oxidation sites excluding steroid dienone is 2. The van der Waals surface area contributed by atoms with Crippen LogP contribution in [-0.4, -0.2) is 0 Å². The highest BCUT2D eigenvalue weighted by Gasteiger charge is 2.42. The van der Waals surface area contributed by atoms with E-state index in [1.807, 2.05) is 0 Å². The third kappa shape index (κ3) is 4.36. The molecule has 0 heteroatoms. The Hall–Kier alpha value is -0.260. The summed E-state index contributed by atoms with van der Waals surface area (Å²) in [5.74, 6) is 3.56. The Balaban J connectivity index is 2.72. The van der Waals surface area contributed by atoms with E-state index in [0.717, 1.165) is 23.7 Å². The molecule has 1 fully saturated rings. The molecular weight excluding hydrogens is 228 g/mol. The van der Waals surface area contributed by atoms with E-state index in [1.54, 1.807) is 0 Å². The monoisotopic (exact) mass is 264 g/mol. The Kier molecular flexibility index (Phi) is 6.15. The van der Waals surface area contributed by atoms with E-state index in [9.17, 15) is 0 Å². The van der Waals surface area contributed by atoms with Crippen LogP contribution in [0.3, 0.4) is 0 Å². The second-order valence-electron chi connectivity index (χ2n) is 7.85. The second kappa shape index (κ2) is 6.95. The van der Waals surface area contributed by atoms with Gasteiger partial charge in [-0.05, 0) is 68.6 Å². The molecule has 0 bridgehead atoms. The maximum Gasteiger partial charge on any atom is -0.0297 e. The zero-order valence-corrected chi connectivity index (χ0v) is 14.4. The molecular formula is C19H36. The Labute approximate surface area is 122 Å². The average molecular weight is 264 g/mol. The van der Waals surface area contributed by atoms with Crippen LogP contribution in [0.25, 0.3) is 0 Å². The highest BCUT2D eigenvalue weighted by molar-refractivity contribution is 4.96. The van der Waals surface area contributed by atoms with E-state index in [2.05, 4.69) is 54.5 Å². The van der Waals surface area contributed by atoms with Crippen molar-refractivity contribution < 1.29 is 0 Å². The lowest BCUT2D eigenvalue weighted by Gasteiger charge is -2.49. The van der Waals surface area contributed by atoms with Crippen LogP contribution in [0.15, 0.2) is 11.6 Å². The smallest absolute Gasteiger partial charge is 0.0297 e. The molecule has 0 aromatic rings. The van der Waals surface area contributed by atoms with E-state index in [-0.39, 0.29) is 0 Å². The van der Waals surface area contributed by atoms with Crippen LogP contribution in [-0.2, 0) is 0 Å². The quantitative estimate of drug-likeness (QED) is 0.499. The summed E-state index contributed by atoms with van der Waals surface area (Å²) in [5.41, 5.74) is 2.06. The van der Waals surface area contributed by atoms with Gasteiger partial charge in [0, 0.05) is 0 Å². The third-order valence-corrected chi connectivity index (χ3v) is 5.99. The van der Waals surface area contributed by atoms with Crippen molar-refractivity contribution in [2.24, 2.45) is 29.1 Å². The summed E-state index contributed by atoms with van der Waals surface area (Å²) in [5, 5.41) is 0. The lowest BCUT2D eigenvalue weighted by atomic mass is 9.57. The normalized spacial score (nSPS) is 36.9. The van der Waals surface area contributed by atoms with Crippen molar-refractivity contribution in [2.75, 3.05) is 0 Å². The van der Waals surface area contributed by atoms with Gasteiger partial charge in [0.2, 0.25) is 0 Å². The minimum atomic E-state index is 0.588. The molecule has 0 radical (unpaired) electrons. The summed E-state index contributed by atoms with van der Waals surface area (Å²) < 4.78 is 0. The molecule has 112 valence electrons. The van der Waals surface area contributed by atoms with Gasteiger partial charge in [-0.15, -0.1) is 0 Å². The van der Waals surface area contributed by atoms with E-state index >= 15 is 0 Å². The van der Waals surface area contributed by atoms with Crippen molar-refractivity contribution in [1.82, 2.24) is 0 Å². The molecule has 0 heterocycles. The average Bonchev–Trinajstić information content (AvgIpc) is 2.37. The van der Waals surface area contributed by atoms with Crippen LogP contribution in [0.4, 0.5) is 0 Å². The van der Waals surface area contributed by atoms with Crippen molar-refractivity contribution >= 4 is 0 Å². The maximum absolute atomic E-state index is 2.55. The maximum atomic E-state index is 2.55. The highest BCUT2D eigenvalue weighted by atomic mass is 14.5. The highest BCUT2D eigenvalue weighted by Crippen LogP contribution is 2.51. The number of hydrogen-bond acceptors (Lipinski definition) is 0. The molecule has 0 aromatic heterocycles. The van der Waals surface area contributed by atoms with Crippen LogP contribution in [0, 0.1) is 29.1 Å². The van der Waals surface area contributed by atoms with Crippen LogP contribution >= 0.6 is 0 Å². The predicted molar refractivity (Wildman–Crippen MR) is 87.3 cm³/mol. The van der Waals surface area contributed by atoms with E-state index in [0.29, 0.717) is 5.41 Å². The minimum Gasteiger partial charge on any atom is -0.0856 e. The van der Waals surface area contributed by atoms with Crippen LogP contribution < -0.4 is 0 Å². The van der Waals surface area contributed by atoms with Crippen molar-refractivity contribution in [3.05, 3.63) is 11.6 Å². The summed E-state index contributed by atoms with van der Waals surface area (Å²) in [6.45, 7) is 16.8. The molecule has 0 nitrogen and oxygen atoms in total. The first kappa shape index (κ1) is 16.8. The van der Waals surface area contributed by atoms with Gasteiger partial charge in [0.05, 0.1) is 0 Å². The molecule has 5 atom stereocenters. The van der Waals surface area contributed by atoms with Gasteiger partial charge in [0.25, 0.3) is 0 Å². The molecule has 0 saturated heterocycles. The lowest BCUT2D eigenvalue weighted by molar-refractivity contribution is 0.0120. The summed E-state index contributed by atoms with van der Waals surface area (Å²) >= 11 is 0. The second-order valence-corrected chi connectivity index (χ2v) is 7.85. The Morgan fingerprint density at radius 1 is 1.32 bits per heavy atom. The Bertz CT molecular complexity index is 297. The van der Waals surface area contributed by atoms with Gasteiger partial charge in [0.1, 0.15) is 0 Å². The summed E-state index contributed by atoms with van der Waals surface area (Å²) in [4.78, 5) is 0. The van der Waals surface area contributed by atoms with Gasteiger partial charge < -0.3 is 0 Å². The SMILES string of the molecule is CCC1(C)CCC(C)C(C)C1CC(C)CC=C(C)C. The lowest BCUT2D eigenvalue weighted by Crippen LogP contribution is -2.40. The fraction of sp³-hybridized carbons (Fsp3) is 0.895. The molecule has 0 spiro atoms. The summed E-state index contributed by atoms with van der Waals surface area (Å²) in [6.07, 6.45) is 9.33. The standard InChI is InChI=1S/C19H36/c1-8-19(7)12-11-16(5)17(6)18(19)13-15(4)10-9-14(2)3/h9,15-18H,8,10-13H2,1-7H3. The minimum absolute atomic E-state index is 0.588. The number of rotatable bonds is 5. The Morgan fingerprint density at radius 2 is 1.95 bits per heavy atom. The molecule has 0 amide bonds. The molecule has 19 heavy (non-hydrogen) atoms. The molecule has 0 aliphatic heterocycles. The molecule has 1 rings (SSSR count). The van der Waals surface area contributed by atoms with Gasteiger partial charge in [-0.2, -0.15) is 0 Å². The van der Waals surface area contributed by atoms with Gasteiger partial charge >= 0.3 is 0 Å². The van der Waals surface area contributed by atoms with Gasteiger partial charge in [-0.25, -0.2) is 0 Å². The van der Waals surface area contributed by atoms with Gasteiger partial charge in [-0.3, -0.25) is 0 Å². The van der Waals surface area contributed by atoms with Gasteiger partial charge in [-0.1, -0.05) is 52.7 Å². The van der Waals surface area contributed by atoms with Crippen molar-refractivity contribution in [2.45, 2.75) is 80.6 Å². The first-order valence-corrected chi connectivity index (χ1v) is 8.43. The largest absolute Gasteiger partial charge is 0.0856 e. The molecule has 1 aliphatic carbocycles. The van der Waals surface area contributed by atoms with E-state index in [1.165, 1.54) is 37.7 Å². The zero-order valence-electron chi connectivity index (χ0n) is 14.4. The first-order valence-electron chi connectivity index (χ1n) is 8.43. The molecule has 1 aliphatic rings. The topological polar surface area (TPSA) is 0 Å². The van der Waals surface area contributed by atoms with Crippen molar-refractivity contribution in [3.8, 4) is 0 Å². The molecule has 1 saturated carbocycles. The molecule has 0 N–H and O–H groups in total. The summed E-state index contributed by atoms with van der Waals surface area (Å²) in [7, 11) is 0. The number of hydrogen-bond donors (Lipinski definition) is 0. The van der Waals surface area contributed by atoms with E-state index < -0.39 is 0 Å². The predicted octanol–water partition coefficient (Wildman–Crippen LogP) is 6.47. The molecule has 0 aromatic carbocycles. The fourth-order valence-corrected chi connectivity index (χ4v) is 3.94. The molecule has 5 unspecified atom stereocenters. The summed E-state index contributed by atoms with van der Waals surface area (Å²) in [6, 6.07) is 0.